The van der Waals surface area contributed by atoms with Crippen LogP contribution in [0, 0.1) is 0 Å². The van der Waals surface area contributed by atoms with E-state index in [1.165, 1.54) is 76.7 Å². The van der Waals surface area contributed by atoms with Crippen molar-refractivity contribution in [2.24, 2.45) is 0 Å². The van der Waals surface area contributed by atoms with Crippen LogP contribution in [0.2, 0.25) is 0 Å². The third-order valence-electron chi connectivity index (χ3n) is 10.1. The fourth-order valence-corrected chi connectivity index (χ4v) is 7.89. The van der Waals surface area contributed by atoms with Gasteiger partial charge < -0.3 is 9.13 Å². The highest BCUT2D eigenvalue weighted by molar-refractivity contribution is 6.19. The van der Waals surface area contributed by atoms with Crippen LogP contribution in [0.3, 0.4) is 0 Å². The van der Waals surface area contributed by atoms with Gasteiger partial charge in [-0.15, -0.1) is 0 Å². The second-order valence-electron chi connectivity index (χ2n) is 12.7. The average molecular weight is 615 g/mol. The van der Waals surface area contributed by atoms with Crippen molar-refractivity contribution in [1.82, 2.24) is 9.13 Å². The summed E-state index contributed by atoms with van der Waals surface area (Å²) in [5, 5.41) is 5.08. The first-order valence-corrected chi connectivity index (χ1v) is 16.7. The average Bonchev–Trinajstić information content (AvgIpc) is 3.64. The largest absolute Gasteiger partial charge is 0.309 e. The van der Waals surface area contributed by atoms with Crippen LogP contribution in [0.4, 0.5) is 5.69 Å². The van der Waals surface area contributed by atoms with E-state index < -0.39 is 0 Å². The Morgan fingerprint density at radius 2 is 0.896 bits per heavy atom. The van der Waals surface area contributed by atoms with Crippen LogP contribution in [0.15, 0.2) is 182 Å². The van der Waals surface area contributed by atoms with E-state index >= 15 is 0 Å². The Labute approximate surface area is 278 Å². The predicted molar refractivity (Wildman–Crippen MR) is 199 cm³/mol. The molecule has 9 aromatic rings. The van der Waals surface area contributed by atoms with Gasteiger partial charge in [0.25, 0.3) is 0 Å². The van der Waals surface area contributed by atoms with Crippen molar-refractivity contribution in [3.05, 3.63) is 193 Å². The van der Waals surface area contributed by atoms with Gasteiger partial charge in [-0.05, 0) is 60.7 Å². The molecule has 0 saturated heterocycles. The van der Waals surface area contributed by atoms with Crippen LogP contribution in [-0.2, 0) is 0 Å². The summed E-state index contributed by atoms with van der Waals surface area (Å²) in [5.41, 5.74) is 12.4. The predicted octanol–water partition coefficient (Wildman–Crippen LogP) is 10.2. The molecule has 2 unspecified atom stereocenters. The zero-order valence-electron chi connectivity index (χ0n) is 26.3. The topological polar surface area (TPSA) is 14.3 Å². The van der Waals surface area contributed by atoms with Crippen molar-refractivity contribution in [2.45, 2.75) is 6.04 Å². The number of aromatic nitrogens is 2. The Kier molecular flexibility index (Phi) is 6.02. The molecule has 7 aromatic carbocycles. The van der Waals surface area contributed by atoms with Gasteiger partial charge in [0.1, 0.15) is 17.4 Å². The molecule has 10 rings (SSSR count). The van der Waals surface area contributed by atoms with Gasteiger partial charge in [0.2, 0.25) is 0 Å². The summed E-state index contributed by atoms with van der Waals surface area (Å²) < 4.78 is 4.85. The molecule has 3 heteroatoms. The summed E-state index contributed by atoms with van der Waals surface area (Å²) in [4.78, 5) is 1.38. The number of quaternary nitrogens is 1. The molecule has 2 aromatic heterocycles. The highest BCUT2D eigenvalue weighted by atomic mass is 15.2. The summed E-state index contributed by atoms with van der Waals surface area (Å²) in [5.74, 6) is 0. The van der Waals surface area contributed by atoms with Crippen LogP contribution in [-0.4, -0.2) is 9.13 Å². The molecule has 0 saturated carbocycles. The van der Waals surface area contributed by atoms with Crippen molar-refractivity contribution in [1.29, 1.82) is 0 Å². The van der Waals surface area contributed by atoms with Gasteiger partial charge in [-0.25, -0.2) is 0 Å². The Bertz CT molecular complexity index is 2650. The fraction of sp³-hybridized carbons (Fsp3) is 0.0222. The molecule has 1 N–H and O–H groups in total. The van der Waals surface area contributed by atoms with Gasteiger partial charge in [-0.1, -0.05) is 103 Å². The lowest BCUT2D eigenvalue weighted by molar-refractivity contribution is -0.801. The van der Waals surface area contributed by atoms with E-state index in [0.29, 0.717) is 0 Å². The minimum absolute atomic E-state index is 0.272. The quantitative estimate of drug-likeness (QED) is 0.198. The van der Waals surface area contributed by atoms with Crippen LogP contribution in [0.25, 0.3) is 60.7 Å². The maximum Gasteiger partial charge on any atom is 0.147 e. The normalized spacial score (nSPS) is 16.0. The molecule has 0 spiro atoms. The molecule has 1 aliphatic heterocycles. The van der Waals surface area contributed by atoms with Crippen LogP contribution in [0.5, 0.6) is 0 Å². The fourth-order valence-electron chi connectivity index (χ4n) is 7.89. The zero-order chi connectivity index (χ0) is 31.6. The first-order valence-electron chi connectivity index (χ1n) is 16.7. The summed E-state index contributed by atoms with van der Waals surface area (Å²) in [6.45, 7) is 0. The second-order valence-corrected chi connectivity index (χ2v) is 12.7. The van der Waals surface area contributed by atoms with Gasteiger partial charge >= 0.3 is 0 Å². The number of rotatable bonds is 5. The molecule has 0 radical (unpaired) electrons. The van der Waals surface area contributed by atoms with Gasteiger partial charge in [-0.2, -0.15) is 0 Å². The van der Waals surface area contributed by atoms with Gasteiger partial charge in [-0.3, -0.25) is 4.90 Å². The molecule has 48 heavy (non-hydrogen) atoms. The van der Waals surface area contributed by atoms with Crippen molar-refractivity contribution < 1.29 is 4.90 Å². The number of hydrogen-bond acceptors (Lipinski definition) is 0. The van der Waals surface area contributed by atoms with E-state index in [-0.39, 0.29) is 6.04 Å². The standard InChI is InChI=1S/C45H31N3/c1-4-14-31(15-5-1)42-29-43(32-16-6-2-7-17-32)48(42)35-26-24-34(25-27-35)47-41-23-13-11-21-37(41)39-28-38-36-20-10-12-22-40(36)46(44(38)30-45(39)47)33-18-8-3-9-19-33/h1-30,42H/p+1. The number of para-hydroxylation sites is 3. The van der Waals surface area contributed by atoms with Gasteiger partial charge in [0.15, 0.2) is 0 Å². The highest BCUT2D eigenvalue weighted by Gasteiger charge is 2.38. The second kappa shape index (κ2) is 10.7. The van der Waals surface area contributed by atoms with E-state index in [4.69, 9.17) is 0 Å². The Balaban J connectivity index is 1.16. The molecule has 1 aliphatic rings. The van der Waals surface area contributed by atoms with E-state index in [0.717, 1.165) is 5.69 Å². The maximum absolute atomic E-state index is 2.44. The Morgan fingerprint density at radius 3 is 1.50 bits per heavy atom. The molecule has 3 nitrogen and oxygen atoms in total. The monoisotopic (exact) mass is 614 g/mol. The van der Waals surface area contributed by atoms with E-state index in [1.54, 1.807) is 0 Å². The smallest absolute Gasteiger partial charge is 0.147 e. The molecule has 0 bridgehead atoms. The minimum atomic E-state index is 0.272. The highest BCUT2D eigenvalue weighted by Crippen LogP contribution is 2.39. The number of hydrogen-bond donors (Lipinski definition) is 1. The summed E-state index contributed by atoms with van der Waals surface area (Å²) >= 11 is 0. The molecule has 2 atom stereocenters. The summed E-state index contributed by atoms with van der Waals surface area (Å²) in [6, 6.07) is 64.2. The molecular formula is C45H32N3+. The third kappa shape index (κ3) is 4.05. The van der Waals surface area contributed by atoms with Crippen molar-refractivity contribution >= 4 is 55.0 Å². The lowest BCUT2D eigenvalue weighted by atomic mass is 9.92. The van der Waals surface area contributed by atoms with Gasteiger partial charge in [0.05, 0.1) is 22.1 Å². The maximum atomic E-state index is 2.44. The molecule has 3 heterocycles. The van der Waals surface area contributed by atoms with Gasteiger partial charge in [0, 0.05) is 62.3 Å². The van der Waals surface area contributed by atoms with Crippen molar-refractivity contribution in [3.8, 4) is 11.4 Å². The third-order valence-corrected chi connectivity index (χ3v) is 10.1. The SMILES string of the molecule is C1=C(c2ccccc2)[NH+](c2ccc(-n3c4ccccc4c4cc5c6ccccc6n(-c6ccccc6)c5cc43)cc2)C1c1ccccc1. The Morgan fingerprint density at radius 1 is 0.396 bits per heavy atom. The lowest BCUT2D eigenvalue weighted by Crippen LogP contribution is -3.08. The van der Waals surface area contributed by atoms with E-state index in [1.807, 2.05) is 0 Å². The molecule has 0 fully saturated rings. The first kappa shape index (κ1) is 27.0. The number of nitrogens with zero attached hydrogens (tertiary/aromatic N) is 2. The Hall–Kier alpha value is -6.16. The number of fused-ring (bicyclic) bond motifs is 6. The first-order chi connectivity index (χ1) is 23.8. The number of benzene rings is 7. The minimum Gasteiger partial charge on any atom is -0.309 e. The van der Waals surface area contributed by atoms with Crippen LogP contribution < -0.4 is 4.90 Å². The van der Waals surface area contributed by atoms with Crippen molar-refractivity contribution in [3.63, 3.8) is 0 Å². The van der Waals surface area contributed by atoms with Crippen LogP contribution >= 0.6 is 0 Å². The van der Waals surface area contributed by atoms with E-state index in [2.05, 4.69) is 191 Å². The molecular weight excluding hydrogens is 583 g/mol. The van der Waals surface area contributed by atoms with Crippen LogP contribution in [0.1, 0.15) is 17.2 Å². The van der Waals surface area contributed by atoms with E-state index in [9.17, 15) is 0 Å². The molecule has 226 valence electrons. The zero-order valence-corrected chi connectivity index (χ0v) is 26.3. The summed E-state index contributed by atoms with van der Waals surface area (Å²) in [6.07, 6.45) is 2.41. The number of nitrogens with one attached hydrogen (secondary N) is 1. The lowest BCUT2D eigenvalue weighted by Gasteiger charge is -2.36. The summed E-state index contributed by atoms with van der Waals surface area (Å²) in [7, 11) is 0. The molecule has 0 aliphatic carbocycles. The molecule has 0 amide bonds. The van der Waals surface area contributed by atoms with Crippen molar-refractivity contribution in [2.75, 3.05) is 0 Å².